The quantitative estimate of drug-likeness (QED) is 0.826. The van der Waals surface area contributed by atoms with Gasteiger partial charge in [-0.15, -0.1) is 0 Å². The first-order chi connectivity index (χ1) is 13.6. The van der Waals surface area contributed by atoms with E-state index >= 15 is 0 Å². The summed E-state index contributed by atoms with van der Waals surface area (Å²) in [6.45, 7) is 10.3. The molecule has 28 heavy (non-hydrogen) atoms. The zero-order valence-corrected chi connectivity index (χ0v) is 17.1. The Labute approximate surface area is 168 Å². The lowest BCUT2D eigenvalue weighted by Gasteiger charge is -2.38. The molecule has 0 radical (unpaired) electrons. The minimum Gasteiger partial charge on any atom is -0.396 e. The van der Waals surface area contributed by atoms with E-state index in [1.807, 2.05) is 12.1 Å². The molecular formula is C22H35FN4O. The Morgan fingerprint density at radius 2 is 1.57 bits per heavy atom. The van der Waals surface area contributed by atoms with Gasteiger partial charge >= 0.3 is 0 Å². The number of likely N-dealkylation sites (N-methyl/N-ethyl adjacent to an activating group) is 1. The van der Waals surface area contributed by atoms with E-state index < -0.39 is 0 Å². The Hall–Kier alpha value is -1.21. The molecule has 1 N–H and O–H groups in total. The third-order valence-corrected chi connectivity index (χ3v) is 7.10. The molecule has 5 nitrogen and oxygen atoms in total. The Morgan fingerprint density at radius 1 is 0.929 bits per heavy atom. The van der Waals surface area contributed by atoms with E-state index in [-0.39, 0.29) is 5.82 Å². The summed E-state index contributed by atoms with van der Waals surface area (Å²) in [5.41, 5.74) is 1.13. The maximum atomic E-state index is 13.2. The summed E-state index contributed by atoms with van der Waals surface area (Å²) in [5, 5.41) is 9.94. The number of piperidine rings is 1. The number of aliphatic hydroxyl groups is 1. The van der Waals surface area contributed by atoms with E-state index in [0.717, 1.165) is 77.4 Å². The van der Waals surface area contributed by atoms with E-state index in [9.17, 15) is 9.50 Å². The topological polar surface area (TPSA) is 33.2 Å². The molecule has 3 saturated heterocycles. The highest BCUT2D eigenvalue weighted by Crippen LogP contribution is 2.30. The van der Waals surface area contributed by atoms with Gasteiger partial charge in [0.25, 0.3) is 0 Å². The third-order valence-electron chi connectivity index (χ3n) is 7.10. The fraction of sp³-hybridized carbons (Fsp3) is 0.727. The second-order valence-electron chi connectivity index (χ2n) is 8.96. The van der Waals surface area contributed by atoms with Crippen LogP contribution in [-0.2, 0) is 0 Å². The average molecular weight is 391 g/mol. The lowest BCUT2D eigenvalue weighted by Crippen LogP contribution is -2.47. The van der Waals surface area contributed by atoms with Crippen molar-refractivity contribution in [3.05, 3.63) is 30.1 Å². The molecule has 6 heteroatoms. The van der Waals surface area contributed by atoms with E-state index in [0.29, 0.717) is 24.5 Å². The largest absolute Gasteiger partial charge is 0.396 e. The Kier molecular flexibility index (Phi) is 6.51. The highest BCUT2D eigenvalue weighted by molar-refractivity contribution is 5.46. The Morgan fingerprint density at radius 3 is 2.21 bits per heavy atom. The molecule has 1 aromatic carbocycles. The van der Waals surface area contributed by atoms with Crippen molar-refractivity contribution in [2.75, 3.05) is 77.5 Å². The number of halogens is 1. The number of hydrogen-bond acceptors (Lipinski definition) is 5. The second-order valence-corrected chi connectivity index (χ2v) is 8.96. The standard InChI is InChI=1S/C22H35FN4O/c1-24-10-12-25(13-11-24)14-18-15-27(16-19(18)17-28)22-6-8-26(9-7-22)21-4-2-20(23)3-5-21/h2-5,18-19,22,28H,6-17H2,1H3/t18-,19-/m1/s1. The van der Waals surface area contributed by atoms with Gasteiger partial charge in [-0.25, -0.2) is 4.39 Å². The molecule has 0 aromatic heterocycles. The van der Waals surface area contributed by atoms with E-state index in [4.69, 9.17) is 0 Å². The van der Waals surface area contributed by atoms with Crippen LogP contribution in [0.15, 0.2) is 24.3 Å². The van der Waals surface area contributed by atoms with Crippen LogP contribution in [0.4, 0.5) is 10.1 Å². The molecule has 0 saturated carbocycles. The molecule has 0 aliphatic carbocycles. The molecule has 0 spiro atoms. The van der Waals surface area contributed by atoms with Gasteiger partial charge in [-0.1, -0.05) is 0 Å². The van der Waals surface area contributed by atoms with Gasteiger partial charge in [0.15, 0.2) is 0 Å². The van der Waals surface area contributed by atoms with Gasteiger partial charge in [-0.05, 0) is 56.0 Å². The Balaban J connectivity index is 1.28. The number of hydrogen-bond donors (Lipinski definition) is 1. The Bertz CT molecular complexity index is 611. The van der Waals surface area contributed by atoms with Crippen molar-refractivity contribution in [3.63, 3.8) is 0 Å². The number of likely N-dealkylation sites (tertiary alicyclic amines) is 1. The van der Waals surface area contributed by atoms with Crippen molar-refractivity contribution < 1.29 is 9.50 Å². The van der Waals surface area contributed by atoms with Gasteiger partial charge in [0.1, 0.15) is 5.82 Å². The van der Waals surface area contributed by atoms with Crippen molar-refractivity contribution in [2.45, 2.75) is 18.9 Å². The van der Waals surface area contributed by atoms with Gasteiger partial charge in [-0.2, -0.15) is 0 Å². The predicted octanol–water partition coefficient (Wildman–Crippen LogP) is 1.58. The fourth-order valence-electron chi connectivity index (χ4n) is 5.19. The van der Waals surface area contributed by atoms with Gasteiger partial charge in [-0.3, -0.25) is 4.90 Å². The molecule has 3 fully saturated rings. The van der Waals surface area contributed by atoms with Gasteiger partial charge < -0.3 is 19.8 Å². The summed E-state index contributed by atoms with van der Waals surface area (Å²) in [5.74, 6) is 0.829. The molecule has 4 rings (SSSR count). The summed E-state index contributed by atoms with van der Waals surface area (Å²) < 4.78 is 13.2. The monoisotopic (exact) mass is 390 g/mol. The normalized spacial score (nSPS) is 28.9. The van der Waals surface area contributed by atoms with Gasteiger partial charge in [0, 0.05) is 77.2 Å². The van der Waals surface area contributed by atoms with Gasteiger partial charge in [0.05, 0.1) is 0 Å². The average Bonchev–Trinajstić information content (AvgIpc) is 3.13. The maximum Gasteiger partial charge on any atom is 0.123 e. The minimum absolute atomic E-state index is 0.169. The van der Waals surface area contributed by atoms with E-state index in [1.165, 1.54) is 0 Å². The molecular weight excluding hydrogens is 355 g/mol. The minimum atomic E-state index is -0.169. The van der Waals surface area contributed by atoms with Crippen LogP contribution in [0, 0.1) is 17.7 Å². The van der Waals surface area contributed by atoms with Crippen LogP contribution in [0.3, 0.4) is 0 Å². The first-order valence-corrected chi connectivity index (χ1v) is 10.9. The SMILES string of the molecule is CN1CCN(C[C@@H]2CN(C3CCN(c4ccc(F)cc4)CC3)C[C@@H]2CO)CC1. The number of aliphatic hydroxyl groups excluding tert-OH is 1. The van der Waals surface area contributed by atoms with Crippen LogP contribution in [-0.4, -0.2) is 98.4 Å². The number of rotatable bonds is 5. The van der Waals surface area contributed by atoms with Crippen LogP contribution in [0.1, 0.15) is 12.8 Å². The second kappa shape index (κ2) is 9.08. The molecule has 2 atom stereocenters. The summed E-state index contributed by atoms with van der Waals surface area (Å²) in [6, 6.07) is 7.50. The molecule has 0 amide bonds. The molecule has 156 valence electrons. The zero-order chi connectivity index (χ0) is 19.5. The number of piperazine rings is 1. The first kappa shape index (κ1) is 20.1. The molecule has 0 bridgehead atoms. The van der Waals surface area contributed by atoms with Crippen molar-refractivity contribution >= 4 is 5.69 Å². The number of anilines is 1. The molecule has 1 aromatic rings. The lowest BCUT2D eigenvalue weighted by molar-refractivity contribution is 0.115. The molecule has 3 aliphatic rings. The highest BCUT2D eigenvalue weighted by Gasteiger charge is 2.37. The first-order valence-electron chi connectivity index (χ1n) is 10.9. The van der Waals surface area contributed by atoms with E-state index in [2.05, 4.69) is 26.6 Å². The van der Waals surface area contributed by atoms with Crippen LogP contribution in [0.5, 0.6) is 0 Å². The van der Waals surface area contributed by atoms with Gasteiger partial charge in [0.2, 0.25) is 0 Å². The smallest absolute Gasteiger partial charge is 0.123 e. The van der Waals surface area contributed by atoms with Crippen LogP contribution >= 0.6 is 0 Å². The molecule has 0 unspecified atom stereocenters. The summed E-state index contributed by atoms with van der Waals surface area (Å²) in [6.07, 6.45) is 2.30. The number of nitrogens with zero attached hydrogens (tertiary/aromatic N) is 4. The maximum absolute atomic E-state index is 13.2. The lowest BCUT2D eigenvalue weighted by atomic mass is 9.96. The van der Waals surface area contributed by atoms with Crippen molar-refractivity contribution in [1.29, 1.82) is 0 Å². The van der Waals surface area contributed by atoms with Crippen LogP contribution < -0.4 is 4.90 Å². The molecule has 3 heterocycles. The predicted molar refractivity (Wildman–Crippen MR) is 111 cm³/mol. The van der Waals surface area contributed by atoms with Crippen molar-refractivity contribution in [3.8, 4) is 0 Å². The third kappa shape index (κ3) is 4.67. The van der Waals surface area contributed by atoms with Crippen LogP contribution in [0.2, 0.25) is 0 Å². The van der Waals surface area contributed by atoms with Crippen molar-refractivity contribution in [2.24, 2.45) is 11.8 Å². The molecule has 3 aliphatic heterocycles. The highest BCUT2D eigenvalue weighted by atomic mass is 19.1. The summed E-state index contributed by atoms with van der Waals surface area (Å²) in [4.78, 5) is 10.0. The fourth-order valence-corrected chi connectivity index (χ4v) is 5.19. The summed E-state index contributed by atoms with van der Waals surface area (Å²) >= 11 is 0. The van der Waals surface area contributed by atoms with Crippen LogP contribution in [0.25, 0.3) is 0 Å². The summed E-state index contributed by atoms with van der Waals surface area (Å²) in [7, 11) is 2.20. The zero-order valence-electron chi connectivity index (χ0n) is 17.1. The number of benzene rings is 1. The van der Waals surface area contributed by atoms with Crippen molar-refractivity contribution in [1.82, 2.24) is 14.7 Å². The van der Waals surface area contributed by atoms with E-state index in [1.54, 1.807) is 12.1 Å².